The van der Waals surface area contributed by atoms with E-state index in [2.05, 4.69) is 5.32 Å². The minimum Gasteiger partial charge on any atom is -0.491 e. The van der Waals surface area contributed by atoms with Crippen molar-refractivity contribution in [3.63, 3.8) is 0 Å². The van der Waals surface area contributed by atoms with Crippen molar-refractivity contribution in [2.45, 2.75) is 13.3 Å². The molecule has 172 valence electrons. The molecule has 1 fully saturated rings. The maximum absolute atomic E-state index is 13.2. The molecule has 4 rings (SSSR count). The molecule has 1 heterocycles. The van der Waals surface area contributed by atoms with Gasteiger partial charge in [0.05, 0.1) is 31.1 Å². The Balaban J connectivity index is 1.52. The van der Waals surface area contributed by atoms with Crippen LogP contribution in [0.2, 0.25) is 0 Å². The standard InChI is InChI=1S/C26H28N2O5/c1-2-13-32-23-10-6-5-9-22(23)27-25(29)18-33-24-17-20-8-4-3-7-19(20)16-21(24)26(30)28-11-14-31-15-12-28/h3-10,16-17H,2,11-15,18H2,1H3,(H,27,29). The van der Waals surface area contributed by atoms with Gasteiger partial charge in [0.2, 0.25) is 0 Å². The van der Waals surface area contributed by atoms with Gasteiger partial charge in [-0.3, -0.25) is 9.59 Å². The number of carbonyl (C=O) groups excluding carboxylic acids is 2. The van der Waals surface area contributed by atoms with Gasteiger partial charge in [-0.05, 0) is 41.5 Å². The number of ether oxygens (including phenoxy) is 3. The lowest BCUT2D eigenvalue weighted by Gasteiger charge is -2.27. The van der Waals surface area contributed by atoms with E-state index >= 15 is 0 Å². The molecule has 0 bridgehead atoms. The summed E-state index contributed by atoms with van der Waals surface area (Å²) in [5.74, 6) is 0.538. The van der Waals surface area contributed by atoms with Crippen LogP contribution in [-0.2, 0) is 9.53 Å². The highest BCUT2D eigenvalue weighted by Crippen LogP contribution is 2.28. The van der Waals surface area contributed by atoms with Crippen molar-refractivity contribution >= 4 is 28.3 Å². The number of carbonyl (C=O) groups is 2. The fourth-order valence-electron chi connectivity index (χ4n) is 3.68. The highest BCUT2D eigenvalue weighted by molar-refractivity contribution is 6.02. The van der Waals surface area contributed by atoms with E-state index in [-0.39, 0.29) is 18.4 Å². The van der Waals surface area contributed by atoms with Crippen molar-refractivity contribution in [1.29, 1.82) is 0 Å². The fraction of sp³-hybridized carbons (Fsp3) is 0.308. The number of benzene rings is 3. The second kappa shape index (κ2) is 10.8. The maximum atomic E-state index is 13.2. The molecule has 0 spiro atoms. The first-order valence-corrected chi connectivity index (χ1v) is 11.2. The van der Waals surface area contributed by atoms with E-state index in [0.29, 0.717) is 55.7 Å². The van der Waals surface area contributed by atoms with Crippen molar-refractivity contribution in [3.05, 3.63) is 66.2 Å². The molecule has 33 heavy (non-hydrogen) atoms. The second-order valence-corrected chi connectivity index (χ2v) is 7.78. The number of morpholine rings is 1. The van der Waals surface area contributed by atoms with Gasteiger partial charge < -0.3 is 24.4 Å². The average Bonchev–Trinajstić information content (AvgIpc) is 2.86. The number of amides is 2. The van der Waals surface area contributed by atoms with Crippen molar-refractivity contribution in [2.24, 2.45) is 0 Å². The Bertz CT molecular complexity index is 1120. The Hall–Kier alpha value is -3.58. The minimum atomic E-state index is -0.333. The number of fused-ring (bicyclic) bond motifs is 1. The second-order valence-electron chi connectivity index (χ2n) is 7.78. The molecule has 1 N–H and O–H groups in total. The van der Waals surface area contributed by atoms with Crippen LogP contribution in [0, 0.1) is 0 Å². The highest BCUT2D eigenvalue weighted by atomic mass is 16.5. The number of anilines is 1. The summed E-state index contributed by atoms with van der Waals surface area (Å²) in [5, 5.41) is 4.71. The van der Waals surface area contributed by atoms with Crippen LogP contribution in [0.5, 0.6) is 11.5 Å². The molecular weight excluding hydrogens is 420 g/mol. The average molecular weight is 449 g/mol. The maximum Gasteiger partial charge on any atom is 0.262 e. The molecule has 2 amide bonds. The van der Waals surface area contributed by atoms with Crippen LogP contribution in [0.4, 0.5) is 5.69 Å². The van der Waals surface area contributed by atoms with Crippen LogP contribution < -0.4 is 14.8 Å². The summed E-state index contributed by atoms with van der Waals surface area (Å²) in [6.45, 7) is 4.43. The Labute approximate surface area is 193 Å². The van der Waals surface area contributed by atoms with Crippen LogP contribution in [-0.4, -0.2) is 56.2 Å². The molecule has 7 heteroatoms. The number of nitrogens with zero attached hydrogens (tertiary/aromatic N) is 1. The lowest BCUT2D eigenvalue weighted by Crippen LogP contribution is -2.40. The van der Waals surface area contributed by atoms with Gasteiger partial charge in [0.1, 0.15) is 11.5 Å². The van der Waals surface area contributed by atoms with Crippen molar-refractivity contribution in [3.8, 4) is 11.5 Å². The Morgan fingerprint density at radius 2 is 1.64 bits per heavy atom. The van der Waals surface area contributed by atoms with E-state index in [4.69, 9.17) is 14.2 Å². The largest absolute Gasteiger partial charge is 0.491 e. The zero-order chi connectivity index (χ0) is 23.0. The Morgan fingerprint density at radius 3 is 2.39 bits per heavy atom. The number of para-hydroxylation sites is 2. The van der Waals surface area contributed by atoms with Gasteiger partial charge in [0.25, 0.3) is 11.8 Å². The molecular formula is C26H28N2O5. The van der Waals surface area contributed by atoms with E-state index < -0.39 is 0 Å². The summed E-state index contributed by atoms with van der Waals surface area (Å²) in [5.41, 5.74) is 1.03. The molecule has 7 nitrogen and oxygen atoms in total. The predicted molar refractivity (Wildman–Crippen MR) is 127 cm³/mol. The minimum absolute atomic E-state index is 0.127. The first kappa shape index (κ1) is 22.6. The van der Waals surface area contributed by atoms with Crippen LogP contribution >= 0.6 is 0 Å². The molecule has 0 radical (unpaired) electrons. The highest BCUT2D eigenvalue weighted by Gasteiger charge is 2.23. The monoisotopic (exact) mass is 448 g/mol. The molecule has 1 aliphatic heterocycles. The summed E-state index contributed by atoms with van der Waals surface area (Å²) in [6.07, 6.45) is 0.868. The van der Waals surface area contributed by atoms with E-state index in [9.17, 15) is 9.59 Å². The van der Waals surface area contributed by atoms with E-state index in [1.54, 1.807) is 11.0 Å². The van der Waals surface area contributed by atoms with Gasteiger partial charge in [-0.25, -0.2) is 0 Å². The third-order valence-corrected chi connectivity index (χ3v) is 5.36. The summed E-state index contributed by atoms with van der Waals surface area (Å²) in [6, 6.07) is 18.7. The molecule has 1 saturated heterocycles. The normalized spacial score (nSPS) is 13.5. The molecule has 1 aliphatic rings. The van der Waals surface area contributed by atoms with Gasteiger partial charge in [-0.15, -0.1) is 0 Å². The molecule has 3 aromatic rings. The van der Waals surface area contributed by atoms with Gasteiger partial charge >= 0.3 is 0 Å². The van der Waals surface area contributed by atoms with Gasteiger partial charge in [-0.2, -0.15) is 0 Å². The molecule has 0 atom stereocenters. The summed E-state index contributed by atoms with van der Waals surface area (Å²) in [4.78, 5) is 27.6. The van der Waals surface area contributed by atoms with Crippen LogP contribution in [0.25, 0.3) is 10.8 Å². The first-order chi connectivity index (χ1) is 16.2. The van der Waals surface area contributed by atoms with Gasteiger partial charge in [-0.1, -0.05) is 43.3 Å². The van der Waals surface area contributed by atoms with Crippen LogP contribution in [0.15, 0.2) is 60.7 Å². The summed E-state index contributed by atoms with van der Waals surface area (Å²) in [7, 11) is 0. The zero-order valence-corrected chi connectivity index (χ0v) is 18.7. The molecule has 0 aromatic heterocycles. The molecule has 0 saturated carbocycles. The van der Waals surface area contributed by atoms with Crippen molar-refractivity contribution in [2.75, 3.05) is 44.8 Å². The lowest BCUT2D eigenvalue weighted by molar-refractivity contribution is -0.118. The van der Waals surface area contributed by atoms with Crippen LogP contribution in [0.3, 0.4) is 0 Å². The zero-order valence-electron chi connectivity index (χ0n) is 18.7. The first-order valence-electron chi connectivity index (χ1n) is 11.2. The third kappa shape index (κ3) is 5.62. The smallest absolute Gasteiger partial charge is 0.262 e. The van der Waals surface area contributed by atoms with E-state index in [1.165, 1.54) is 0 Å². The van der Waals surface area contributed by atoms with Crippen LogP contribution in [0.1, 0.15) is 23.7 Å². The van der Waals surface area contributed by atoms with E-state index in [1.807, 2.05) is 61.5 Å². The van der Waals surface area contributed by atoms with E-state index in [0.717, 1.165) is 17.2 Å². The topological polar surface area (TPSA) is 77.1 Å². The predicted octanol–water partition coefficient (Wildman–Crippen LogP) is 4.12. The molecule has 0 unspecified atom stereocenters. The number of nitrogens with one attached hydrogen (secondary N) is 1. The molecule has 0 aliphatic carbocycles. The fourth-order valence-corrected chi connectivity index (χ4v) is 3.68. The Kier molecular flexibility index (Phi) is 7.42. The quantitative estimate of drug-likeness (QED) is 0.561. The number of hydrogen-bond acceptors (Lipinski definition) is 5. The summed E-state index contributed by atoms with van der Waals surface area (Å²) < 4.78 is 16.9. The lowest BCUT2D eigenvalue weighted by atomic mass is 10.0. The third-order valence-electron chi connectivity index (χ3n) is 5.36. The number of rotatable bonds is 8. The Morgan fingerprint density at radius 1 is 0.939 bits per heavy atom. The van der Waals surface area contributed by atoms with Gasteiger partial charge in [0.15, 0.2) is 6.61 Å². The summed E-state index contributed by atoms with van der Waals surface area (Å²) >= 11 is 0. The number of hydrogen-bond donors (Lipinski definition) is 1. The van der Waals surface area contributed by atoms with Gasteiger partial charge in [0, 0.05) is 13.1 Å². The van der Waals surface area contributed by atoms with Crippen molar-refractivity contribution < 1.29 is 23.8 Å². The molecule has 3 aromatic carbocycles. The SMILES string of the molecule is CCCOc1ccccc1NC(=O)COc1cc2ccccc2cc1C(=O)N1CCOCC1. The van der Waals surface area contributed by atoms with Crippen molar-refractivity contribution in [1.82, 2.24) is 4.90 Å².